The quantitative estimate of drug-likeness (QED) is 0.832. The number of carbonyl (C=O) groups is 1. The molecule has 0 fully saturated rings. The lowest BCUT2D eigenvalue weighted by Crippen LogP contribution is -2.27. The second-order valence-corrected chi connectivity index (χ2v) is 5.75. The number of aromatic nitrogens is 1. The van der Waals surface area contributed by atoms with Gasteiger partial charge in [0.1, 0.15) is 5.78 Å². The van der Waals surface area contributed by atoms with E-state index >= 15 is 0 Å². The summed E-state index contributed by atoms with van der Waals surface area (Å²) in [4.78, 5) is 18.5. The number of ketones is 1. The molecule has 0 N–H and O–H groups in total. The maximum absolute atomic E-state index is 11.8. The minimum Gasteiger partial charge on any atom is -0.371 e. The molecule has 0 bridgehead atoms. The molecular formula is C16H22N2O. The van der Waals surface area contributed by atoms with Crippen molar-refractivity contribution in [1.82, 2.24) is 9.88 Å². The van der Waals surface area contributed by atoms with Crippen LogP contribution in [0.3, 0.4) is 0 Å². The first kappa shape index (κ1) is 13.8. The third kappa shape index (κ3) is 3.22. The Labute approximate surface area is 115 Å². The van der Waals surface area contributed by atoms with E-state index in [0.717, 1.165) is 12.2 Å². The molecule has 0 spiro atoms. The first-order valence-corrected chi connectivity index (χ1v) is 6.92. The van der Waals surface area contributed by atoms with E-state index in [1.54, 1.807) is 0 Å². The minimum absolute atomic E-state index is 0.0739. The van der Waals surface area contributed by atoms with Gasteiger partial charge in [-0.25, -0.2) is 0 Å². The summed E-state index contributed by atoms with van der Waals surface area (Å²) in [5.41, 5.74) is 3.30. The van der Waals surface area contributed by atoms with E-state index in [1.807, 2.05) is 26.1 Å². The van der Waals surface area contributed by atoms with Crippen LogP contribution in [0, 0.1) is 5.92 Å². The first-order valence-electron chi connectivity index (χ1n) is 6.92. The van der Waals surface area contributed by atoms with Gasteiger partial charge in [-0.2, -0.15) is 0 Å². The Bertz CT molecular complexity index is 503. The summed E-state index contributed by atoms with van der Waals surface area (Å²) < 4.78 is 0. The van der Waals surface area contributed by atoms with Crippen LogP contribution in [0.2, 0.25) is 0 Å². The Hall–Kier alpha value is -1.64. The zero-order chi connectivity index (χ0) is 14.0. The lowest BCUT2D eigenvalue weighted by molar-refractivity contribution is -0.121. The van der Waals surface area contributed by atoms with E-state index in [0.29, 0.717) is 12.5 Å². The maximum atomic E-state index is 11.8. The summed E-state index contributed by atoms with van der Waals surface area (Å²) in [7, 11) is 0. The molecule has 3 heteroatoms. The largest absolute Gasteiger partial charge is 0.371 e. The van der Waals surface area contributed by atoms with E-state index in [-0.39, 0.29) is 11.7 Å². The predicted octanol–water partition coefficient (Wildman–Crippen LogP) is 3.04. The number of pyridine rings is 1. The van der Waals surface area contributed by atoms with Crippen molar-refractivity contribution in [3.63, 3.8) is 0 Å². The Morgan fingerprint density at radius 2 is 2.11 bits per heavy atom. The smallest absolute Gasteiger partial charge is 0.141 e. The van der Waals surface area contributed by atoms with Crippen molar-refractivity contribution in [2.24, 2.45) is 5.92 Å². The number of hydrogen-bond donors (Lipinski definition) is 0. The lowest BCUT2D eigenvalue weighted by atomic mass is 10.0. The van der Waals surface area contributed by atoms with E-state index in [4.69, 9.17) is 0 Å². The molecule has 0 saturated heterocycles. The van der Waals surface area contributed by atoms with Crippen molar-refractivity contribution in [3.05, 3.63) is 35.3 Å². The summed E-state index contributed by atoms with van der Waals surface area (Å²) in [6, 6.07) is 2.54. The van der Waals surface area contributed by atoms with Gasteiger partial charge in [0.05, 0.1) is 0 Å². The van der Waals surface area contributed by atoms with Crippen LogP contribution in [0.25, 0.3) is 6.08 Å². The fourth-order valence-electron chi connectivity index (χ4n) is 2.09. The van der Waals surface area contributed by atoms with Gasteiger partial charge in [0.15, 0.2) is 0 Å². The zero-order valence-corrected chi connectivity index (χ0v) is 12.2. The Balaban J connectivity index is 2.16. The van der Waals surface area contributed by atoms with Crippen molar-refractivity contribution in [1.29, 1.82) is 0 Å². The molecule has 0 unspecified atom stereocenters. The van der Waals surface area contributed by atoms with Gasteiger partial charge in [0, 0.05) is 43.0 Å². The number of hydrogen-bond acceptors (Lipinski definition) is 3. The average molecular weight is 258 g/mol. The number of fused-ring (bicyclic) bond motifs is 1. The van der Waals surface area contributed by atoms with E-state index < -0.39 is 0 Å². The molecule has 3 nitrogen and oxygen atoms in total. The van der Waals surface area contributed by atoms with Crippen LogP contribution in [0.15, 0.2) is 18.5 Å². The van der Waals surface area contributed by atoms with Crippen LogP contribution in [0.5, 0.6) is 0 Å². The van der Waals surface area contributed by atoms with Crippen molar-refractivity contribution in [2.45, 2.75) is 46.7 Å². The monoisotopic (exact) mass is 258 g/mol. The summed E-state index contributed by atoms with van der Waals surface area (Å²) in [6.07, 6.45) is 6.59. The molecular weight excluding hydrogens is 236 g/mol. The Kier molecular flexibility index (Phi) is 4.03. The van der Waals surface area contributed by atoms with Gasteiger partial charge < -0.3 is 4.90 Å². The molecule has 1 aliphatic rings. The average Bonchev–Trinajstić information content (AvgIpc) is 2.37. The van der Waals surface area contributed by atoms with Gasteiger partial charge in [0.25, 0.3) is 0 Å². The van der Waals surface area contributed by atoms with Crippen LogP contribution in [-0.4, -0.2) is 21.7 Å². The SMILES string of the molecule is CC(C)C(=O)Cc1cc2c(cn1)CN(C(C)C)C=C2. The Morgan fingerprint density at radius 1 is 1.37 bits per heavy atom. The molecule has 0 atom stereocenters. The molecule has 0 radical (unpaired) electrons. The lowest BCUT2D eigenvalue weighted by Gasteiger charge is -2.28. The highest BCUT2D eigenvalue weighted by Crippen LogP contribution is 2.21. The van der Waals surface area contributed by atoms with E-state index in [9.17, 15) is 4.79 Å². The minimum atomic E-state index is 0.0739. The molecule has 1 aromatic rings. The molecule has 2 heterocycles. The highest BCUT2D eigenvalue weighted by Gasteiger charge is 2.15. The molecule has 0 aliphatic carbocycles. The van der Waals surface area contributed by atoms with E-state index in [1.165, 1.54) is 11.1 Å². The standard InChI is InChI=1S/C16H22N2O/c1-11(2)16(19)8-15-7-13-5-6-18(12(3)4)10-14(13)9-17-15/h5-7,9,11-12H,8,10H2,1-4H3. The maximum Gasteiger partial charge on any atom is 0.141 e. The van der Waals surface area contributed by atoms with Crippen LogP contribution >= 0.6 is 0 Å². The van der Waals surface area contributed by atoms with Crippen LogP contribution < -0.4 is 0 Å². The van der Waals surface area contributed by atoms with Crippen molar-refractivity contribution in [3.8, 4) is 0 Å². The van der Waals surface area contributed by atoms with Gasteiger partial charge in [0.2, 0.25) is 0 Å². The number of carbonyl (C=O) groups excluding carboxylic acids is 1. The van der Waals surface area contributed by atoms with Gasteiger partial charge in [-0.15, -0.1) is 0 Å². The molecule has 1 aromatic heterocycles. The van der Waals surface area contributed by atoms with Gasteiger partial charge >= 0.3 is 0 Å². The molecule has 2 rings (SSSR count). The number of nitrogens with zero attached hydrogens (tertiary/aromatic N) is 2. The highest BCUT2D eigenvalue weighted by atomic mass is 16.1. The van der Waals surface area contributed by atoms with Crippen molar-refractivity contribution < 1.29 is 4.79 Å². The second kappa shape index (κ2) is 5.55. The topological polar surface area (TPSA) is 33.2 Å². The molecule has 0 amide bonds. The third-order valence-electron chi connectivity index (χ3n) is 3.54. The molecule has 102 valence electrons. The Morgan fingerprint density at radius 3 is 2.74 bits per heavy atom. The first-order chi connectivity index (χ1) is 8.97. The highest BCUT2D eigenvalue weighted by molar-refractivity contribution is 5.82. The fraction of sp³-hybridized carbons (Fsp3) is 0.500. The van der Waals surface area contributed by atoms with E-state index in [2.05, 4.69) is 36.0 Å². The van der Waals surface area contributed by atoms with Gasteiger partial charge in [-0.3, -0.25) is 9.78 Å². The normalized spacial score (nSPS) is 14.1. The van der Waals surface area contributed by atoms with Crippen molar-refractivity contribution >= 4 is 11.9 Å². The van der Waals surface area contributed by atoms with Gasteiger partial charge in [-0.1, -0.05) is 13.8 Å². The van der Waals surface area contributed by atoms with Crippen LogP contribution in [-0.2, 0) is 17.8 Å². The predicted molar refractivity (Wildman–Crippen MR) is 77.5 cm³/mol. The van der Waals surface area contributed by atoms with Crippen LogP contribution in [0.1, 0.15) is 44.5 Å². The summed E-state index contributed by atoms with van der Waals surface area (Å²) in [5, 5.41) is 0. The molecule has 0 saturated carbocycles. The summed E-state index contributed by atoms with van der Waals surface area (Å²) in [6.45, 7) is 9.12. The summed E-state index contributed by atoms with van der Waals surface area (Å²) in [5.74, 6) is 0.320. The summed E-state index contributed by atoms with van der Waals surface area (Å²) >= 11 is 0. The molecule has 1 aliphatic heterocycles. The number of rotatable bonds is 4. The molecule has 19 heavy (non-hydrogen) atoms. The number of Topliss-reactive ketones (excluding diaryl/α,β-unsaturated/α-hetero) is 1. The zero-order valence-electron chi connectivity index (χ0n) is 12.2. The van der Waals surface area contributed by atoms with Crippen molar-refractivity contribution in [2.75, 3.05) is 0 Å². The van der Waals surface area contributed by atoms with Crippen LogP contribution in [0.4, 0.5) is 0 Å². The van der Waals surface area contributed by atoms with Gasteiger partial charge in [-0.05, 0) is 37.1 Å². The molecule has 0 aromatic carbocycles. The second-order valence-electron chi connectivity index (χ2n) is 5.75. The fourth-order valence-corrected chi connectivity index (χ4v) is 2.09. The third-order valence-corrected chi connectivity index (χ3v) is 3.54.